The molecule has 0 saturated heterocycles. The Kier molecular flexibility index (Phi) is 5.22. The van der Waals surface area contributed by atoms with Crippen molar-refractivity contribution in [3.8, 4) is 0 Å². The Balaban J connectivity index is 2.09. The summed E-state index contributed by atoms with van der Waals surface area (Å²) in [5, 5.41) is 7.07. The van der Waals surface area contributed by atoms with Crippen LogP contribution < -0.4 is 10.6 Å². The van der Waals surface area contributed by atoms with Crippen molar-refractivity contribution in [3.05, 3.63) is 36.0 Å². The van der Waals surface area contributed by atoms with Crippen LogP contribution >= 0.6 is 12.2 Å². The lowest BCUT2D eigenvalue weighted by atomic mass is 10.1. The smallest absolute Gasteiger partial charge is 0.226 e. The number of unbranched alkanes of at least 4 members (excludes halogenated alkanes) is 1. The maximum absolute atomic E-state index is 11.7. The van der Waals surface area contributed by atoms with E-state index in [1.54, 1.807) is 0 Å². The fourth-order valence-electron chi connectivity index (χ4n) is 2.05. The second-order valence-corrected chi connectivity index (χ2v) is 5.34. The highest BCUT2D eigenvalue weighted by Crippen LogP contribution is 2.22. The highest BCUT2D eigenvalue weighted by atomic mass is 32.1. The average molecular weight is 301 g/mol. The van der Waals surface area contributed by atoms with Crippen molar-refractivity contribution in [2.75, 3.05) is 5.32 Å². The topological polar surface area (TPSA) is 54.0 Å². The van der Waals surface area contributed by atoms with E-state index in [1.807, 2.05) is 37.3 Å². The van der Waals surface area contributed by atoms with Crippen LogP contribution in [-0.4, -0.2) is 16.0 Å². The monoisotopic (exact) mass is 301 g/mol. The van der Waals surface area contributed by atoms with Crippen LogP contribution in [-0.2, 0) is 4.79 Å². The van der Waals surface area contributed by atoms with Crippen molar-refractivity contribution >= 4 is 39.8 Å². The van der Waals surface area contributed by atoms with Gasteiger partial charge in [0.25, 0.3) is 0 Å². The largest absolute Gasteiger partial charge is 0.332 e. The molecule has 0 spiro atoms. The third kappa shape index (κ3) is 4.23. The predicted octanol–water partition coefficient (Wildman–Crippen LogP) is 3.55. The molecule has 1 heterocycles. The summed E-state index contributed by atoms with van der Waals surface area (Å²) in [6.45, 7) is 4.01. The van der Waals surface area contributed by atoms with Crippen molar-refractivity contribution in [2.24, 2.45) is 0 Å². The Morgan fingerprint density at radius 1 is 1.29 bits per heavy atom. The van der Waals surface area contributed by atoms with Crippen LogP contribution in [0.5, 0.6) is 0 Å². The van der Waals surface area contributed by atoms with Gasteiger partial charge in [-0.15, -0.1) is 0 Å². The predicted molar refractivity (Wildman–Crippen MR) is 90.4 cm³/mol. The van der Waals surface area contributed by atoms with E-state index >= 15 is 0 Å². The van der Waals surface area contributed by atoms with Crippen LogP contribution in [0.3, 0.4) is 0 Å². The molecule has 21 heavy (non-hydrogen) atoms. The molecule has 5 heteroatoms. The van der Waals surface area contributed by atoms with E-state index in [0.717, 1.165) is 35.1 Å². The third-order valence-electron chi connectivity index (χ3n) is 3.13. The molecule has 0 bridgehead atoms. The first kappa shape index (κ1) is 15.4. The minimum absolute atomic E-state index is 0.0523. The molecule has 1 aromatic heterocycles. The van der Waals surface area contributed by atoms with Crippen molar-refractivity contribution in [1.29, 1.82) is 0 Å². The van der Waals surface area contributed by atoms with Gasteiger partial charge in [-0.2, -0.15) is 0 Å². The van der Waals surface area contributed by atoms with Crippen LogP contribution in [0.25, 0.3) is 10.9 Å². The van der Waals surface area contributed by atoms with Crippen molar-refractivity contribution in [3.63, 3.8) is 0 Å². The molecule has 0 unspecified atom stereocenters. The van der Waals surface area contributed by atoms with E-state index in [9.17, 15) is 4.79 Å². The summed E-state index contributed by atoms with van der Waals surface area (Å²) in [7, 11) is 0. The molecule has 0 aliphatic heterocycles. The Hall–Kier alpha value is -2.01. The average Bonchev–Trinajstić information content (AvgIpc) is 2.44. The summed E-state index contributed by atoms with van der Waals surface area (Å²) in [5.41, 5.74) is 2.72. The number of thiocarbonyl (C=S) groups is 1. The Morgan fingerprint density at radius 3 is 2.86 bits per heavy atom. The Labute approximate surface area is 130 Å². The lowest BCUT2D eigenvalue weighted by Crippen LogP contribution is -2.33. The van der Waals surface area contributed by atoms with Gasteiger partial charge in [-0.05, 0) is 49.8 Å². The Morgan fingerprint density at radius 2 is 2.10 bits per heavy atom. The number of hydrogen-bond acceptors (Lipinski definition) is 3. The first-order valence-electron chi connectivity index (χ1n) is 7.07. The number of fused-ring (bicyclic) bond motifs is 1. The number of rotatable bonds is 4. The molecule has 0 radical (unpaired) electrons. The molecule has 0 fully saturated rings. The number of hydrogen-bond donors (Lipinski definition) is 2. The van der Waals surface area contributed by atoms with Crippen LogP contribution in [0, 0.1) is 6.92 Å². The van der Waals surface area contributed by atoms with E-state index < -0.39 is 0 Å². The molecular formula is C16H19N3OS. The van der Waals surface area contributed by atoms with Gasteiger partial charge in [0.1, 0.15) is 0 Å². The highest BCUT2D eigenvalue weighted by Gasteiger charge is 2.07. The molecule has 110 valence electrons. The van der Waals surface area contributed by atoms with Crippen LogP contribution in [0.1, 0.15) is 31.9 Å². The second-order valence-electron chi connectivity index (χ2n) is 4.93. The highest BCUT2D eigenvalue weighted by molar-refractivity contribution is 7.80. The summed E-state index contributed by atoms with van der Waals surface area (Å²) in [6.07, 6.45) is 2.35. The molecule has 1 aromatic carbocycles. The molecule has 0 saturated carbocycles. The van der Waals surface area contributed by atoms with Gasteiger partial charge < -0.3 is 10.6 Å². The van der Waals surface area contributed by atoms with E-state index in [-0.39, 0.29) is 5.91 Å². The van der Waals surface area contributed by atoms with E-state index in [0.29, 0.717) is 11.5 Å². The zero-order valence-corrected chi connectivity index (χ0v) is 13.1. The SMILES string of the molecule is CCCCC(=O)NC(=S)Nc1cccc2nc(C)ccc12. The van der Waals surface area contributed by atoms with Gasteiger partial charge in [-0.3, -0.25) is 9.78 Å². The minimum Gasteiger partial charge on any atom is -0.332 e. The van der Waals surface area contributed by atoms with Crippen LogP contribution in [0.4, 0.5) is 5.69 Å². The summed E-state index contributed by atoms with van der Waals surface area (Å²) in [4.78, 5) is 16.1. The molecule has 2 N–H and O–H groups in total. The number of benzene rings is 1. The number of aromatic nitrogens is 1. The number of nitrogens with zero attached hydrogens (tertiary/aromatic N) is 1. The standard InChI is InChI=1S/C16H19N3OS/c1-3-4-8-15(20)19-16(21)18-14-7-5-6-13-12(14)10-9-11(2)17-13/h5-7,9-10H,3-4,8H2,1-2H3,(H2,18,19,20,21). The quantitative estimate of drug-likeness (QED) is 0.848. The van der Waals surface area contributed by atoms with Gasteiger partial charge in [-0.25, -0.2) is 0 Å². The number of aryl methyl sites for hydroxylation is 1. The number of nitrogens with one attached hydrogen (secondary N) is 2. The second kappa shape index (κ2) is 7.13. The summed E-state index contributed by atoms with van der Waals surface area (Å²) in [6, 6.07) is 9.75. The van der Waals surface area contributed by atoms with Gasteiger partial charge in [0, 0.05) is 23.2 Å². The van der Waals surface area contributed by atoms with Crippen LogP contribution in [0.15, 0.2) is 30.3 Å². The van der Waals surface area contributed by atoms with Gasteiger partial charge in [0.2, 0.25) is 5.91 Å². The normalized spacial score (nSPS) is 10.4. The summed E-state index contributed by atoms with van der Waals surface area (Å²) in [5.74, 6) is -0.0523. The number of anilines is 1. The van der Waals surface area contributed by atoms with Gasteiger partial charge in [0.05, 0.1) is 5.52 Å². The van der Waals surface area contributed by atoms with Gasteiger partial charge >= 0.3 is 0 Å². The zero-order valence-electron chi connectivity index (χ0n) is 12.3. The zero-order chi connectivity index (χ0) is 15.2. The molecule has 0 atom stereocenters. The van der Waals surface area contributed by atoms with Gasteiger partial charge in [0.15, 0.2) is 5.11 Å². The Bertz CT molecular complexity index is 670. The van der Waals surface area contributed by atoms with Crippen molar-refractivity contribution in [1.82, 2.24) is 10.3 Å². The molecule has 0 aliphatic carbocycles. The molecule has 4 nitrogen and oxygen atoms in total. The number of amides is 1. The molecule has 1 amide bonds. The fourth-order valence-corrected chi connectivity index (χ4v) is 2.27. The van der Waals surface area contributed by atoms with E-state index in [1.165, 1.54) is 0 Å². The number of carbonyl (C=O) groups is 1. The molecule has 2 aromatic rings. The van der Waals surface area contributed by atoms with Crippen molar-refractivity contribution < 1.29 is 4.79 Å². The van der Waals surface area contributed by atoms with E-state index in [2.05, 4.69) is 22.5 Å². The molecule has 0 aliphatic rings. The third-order valence-corrected chi connectivity index (χ3v) is 3.33. The maximum Gasteiger partial charge on any atom is 0.226 e. The number of pyridine rings is 1. The lowest BCUT2D eigenvalue weighted by molar-refractivity contribution is -0.119. The number of carbonyl (C=O) groups excluding carboxylic acids is 1. The van der Waals surface area contributed by atoms with Crippen molar-refractivity contribution in [2.45, 2.75) is 33.1 Å². The fraction of sp³-hybridized carbons (Fsp3) is 0.312. The first-order valence-corrected chi connectivity index (χ1v) is 7.48. The van der Waals surface area contributed by atoms with Gasteiger partial charge in [-0.1, -0.05) is 19.4 Å². The maximum atomic E-state index is 11.7. The van der Waals surface area contributed by atoms with Crippen LogP contribution in [0.2, 0.25) is 0 Å². The summed E-state index contributed by atoms with van der Waals surface area (Å²) < 4.78 is 0. The summed E-state index contributed by atoms with van der Waals surface area (Å²) >= 11 is 5.19. The first-order chi connectivity index (χ1) is 10.1. The minimum atomic E-state index is -0.0523. The molecule has 2 rings (SSSR count). The lowest BCUT2D eigenvalue weighted by Gasteiger charge is -2.11. The molecular weight excluding hydrogens is 282 g/mol. The van der Waals surface area contributed by atoms with E-state index in [4.69, 9.17) is 12.2 Å².